The van der Waals surface area contributed by atoms with E-state index in [9.17, 15) is 18.0 Å². The number of hydrogen-bond acceptors (Lipinski definition) is 2. The number of alkyl halides is 3. The van der Waals surface area contributed by atoms with E-state index in [0.717, 1.165) is 12.3 Å². The number of rotatable bonds is 3. The summed E-state index contributed by atoms with van der Waals surface area (Å²) in [5.74, 6) is -0.538. The molecule has 1 aromatic heterocycles. The molecule has 1 atom stereocenters. The fourth-order valence-corrected chi connectivity index (χ4v) is 2.23. The van der Waals surface area contributed by atoms with Gasteiger partial charge in [-0.1, -0.05) is 13.8 Å². The first kappa shape index (κ1) is 15.1. The number of methoxy groups -OCH3 is 1. The Kier molecular flexibility index (Phi) is 4.47. The largest absolute Gasteiger partial charge is 0.495 e. The molecule has 18 heavy (non-hydrogen) atoms. The van der Waals surface area contributed by atoms with Gasteiger partial charge in [-0.05, 0) is 21.8 Å². The van der Waals surface area contributed by atoms with Crippen molar-refractivity contribution in [3.63, 3.8) is 0 Å². The van der Waals surface area contributed by atoms with Crippen molar-refractivity contribution in [1.82, 2.24) is 4.57 Å². The quantitative estimate of drug-likeness (QED) is 0.852. The number of nitrogens with zero attached hydrogens (tertiary/aromatic N) is 1. The third-order valence-corrected chi connectivity index (χ3v) is 3.08. The lowest BCUT2D eigenvalue weighted by Gasteiger charge is -2.26. The van der Waals surface area contributed by atoms with Gasteiger partial charge in [0.2, 0.25) is 0 Å². The van der Waals surface area contributed by atoms with Gasteiger partial charge in [0.1, 0.15) is 11.8 Å². The lowest BCUT2D eigenvalue weighted by atomic mass is 10.0. The second-order valence-electron chi connectivity index (χ2n) is 4.17. The number of hydrogen-bond donors (Lipinski definition) is 0. The minimum atomic E-state index is -4.48. The fourth-order valence-electron chi connectivity index (χ4n) is 1.74. The molecule has 0 amide bonds. The first-order valence-electron chi connectivity index (χ1n) is 5.21. The molecule has 1 aromatic rings. The van der Waals surface area contributed by atoms with Crippen LogP contribution in [-0.2, 0) is 0 Å². The van der Waals surface area contributed by atoms with Crippen LogP contribution in [-0.4, -0.2) is 17.9 Å². The van der Waals surface area contributed by atoms with Gasteiger partial charge >= 0.3 is 6.18 Å². The summed E-state index contributed by atoms with van der Waals surface area (Å²) in [4.78, 5) is 11.7. The zero-order valence-electron chi connectivity index (χ0n) is 10.1. The molecule has 0 aliphatic rings. The second kappa shape index (κ2) is 5.34. The molecule has 1 rings (SSSR count). The Morgan fingerprint density at radius 2 is 1.94 bits per heavy atom. The van der Waals surface area contributed by atoms with Crippen LogP contribution in [0.1, 0.15) is 19.9 Å². The van der Waals surface area contributed by atoms with Crippen molar-refractivity contribution in [1.29, 1.82) is 0 Å². The van der Waals surface area contributed by atoms with Crippen molar-refractivity contribution in [2.45, 2.75) is 26.1 Å². The van der Waals surface area contributed by atoms with E-state index < -0.39 is 23.7 Å². The SMILES string of the molecule is COc1cc(=O)n(C(C(C)C)C(F)(F)F)cc1Br. The van der Waals surface area contributed by atoms with Gasteiger partial charge in [-0.25, -0.2) is 0 Å². The molecule has 0 saturated heterocycles. The number of ether oxygens (including phenoxy) is 1. The molecule has 0 saturated carbocycles. The highest BCUT2D eigenvalue weighted by molar-refractivity contribution is 9.10. The number of pyridine rings is 1. The average Bonchev–Trinajstić information content (AvgIpc) is 2.20. The van der Waals surface area contributed by atoms with Gasteiger partial charge in [0.25, 0.3) is 5.56 Å². The summed E-state index contributed by atoms with van der Waals surface area (Å²) in [6.45, 7) is 2.84. The van der Waals surface area contributed by atoms with Crippen LogP contribution in [0.25, 0.3) is 0 Å². The molecule has 1 unspecified atom stereocenters. The maximum absolute atomic E-state index is 12.9. The summed E-state index contributed by atoms with van der Waals surface area (Å²) < 4.78 is 44.7. The summed E-state index contributed by atoms with van der Waals surface area (Å²) in [6, 6.07) is -0.821. The van der Waals surface area contributed by atoms with Gasteiger partial charge in [-0.2, -0.15) is 13.2 Å². The van der Waals surface area contributed by atoms with Gasteiger partial charge in [-0.15, -0.1) is 0 Å². The minimum absolute atomic E-state index is 0.209. The van der Waals surface area contributed by atoms with Crippen LogP contribution in [0, 0.1) is 5.92 Å². The molecule has 0 radical (unpaired) electrons. The first-order chi connectivity index (χ1) is 8.18. The zero-order chi connectivity index (χ0) is 14.1. The predicted molar refractivity (Wildman–Crippen MR) is 64.9 cm³/mol. The third kappa shape index (κ3) is 3.07. The minimum Gasteiger partial charge on any atom is -0.495 e. The van der Waals surface area contributed by atoms with Crippen LogP contribution >= 0.6 is 15.9 Å². The molecule has 3 nitrogen and oxygen atoms in total. The van der Waals surface area contributed by atoms with Gasteiger partial charge in [0.05, 0.1) is 11.6 Å². The molecular weight excluding hydrogens is 315 g/mol. The summed E-state index contributed by atoms with van der Waals surface area (Å²) in [5, 5.41) is 0. The van der Waals surface area contributed by atoms with Crippen LogP contribution in [0.15, 0.2) is 21.5 Å². The molecule has 0 N–H and O–H groups in total. The Labute approximate surface area is 111 Å². The highest BCUT2D eigenvalue weighted by Crippen LogP contribution is 2.36. The maximum Gasteiger partial charge on any atom is 0.409 e. The van der Waals surface area contributed by atoms with Crippen LogP contribution in [0.3, 0.4) is 0 Å². The van der Waals surface area contributed by atoms with Crippen molar-refractivity contribution in [2.24, 2.45) is 5.92 Å². The molecule has 0 aliphatic heterocycles. The van der Waals surface area contributed by atoms with Crippen LogP contribution in [0.4, 0.5) is 13.2 Å². The summed E-state index contributed by atoms with van der Waals surface area (Å²) in [5.41, 5.74) is -0.744. The topological polar surface area (TPSA) is 31.2 Å². The molecule has 0 aromatic carbocycles. The Hall–Kier alpha value is -0.980. The third-order valence-electron chi connectivity index (χ3n) is 2.48. The van der Waals surface area contributed by atoms with E-state index in [1.165, 1.54) is 21.0 Å². The Morgan fingerprint density at radius 1 is 1.39 bits per heavy atom. The van der Waals surface area contributed by atoms with Crippen molar-refractivity contribution in [3.05, 3.63) is 27.1 Å². The van der Waals surface area contributed by atoms with Crippen molar-refractivity contribution in [3.8, 4) is 5.75 Å². The van der Waals surface area contributed by atoms with Crippen molar-refractivity contribution < 1.29 is 17.9 Å². The fraction of sp³-hybridized carbons (Fsp3) is 0.545. The van der Waals surface area contributed by atoms with E-state index in [4.69, 9.17) is 4.74 Å². The molecule has 0 fully saturated rings. The van der Waals surface area contributed by atoms with E-state index in [2.05, 4.69) is 15.9 Å². The maximum atomic E-state index is 12.9. The number of aromatic nitrogens is 1. The molecular formula is C11H13BrF3NO2. The smallest absolute Gasteiger partial charge is 0.409 e. The van der Waals surface area contributed by atoms with E-state index in [0.29, 0.717) is 9.04 Å². The molecule has 7 heteroatoms. The van der Waals surface area contributed by atoms with Crippen LogP contribution < -0.4 is 10.3 Å². The second-order valence-corrected chi connectivity index (χ2v) is 5.02. The van der Waals surface area contributed by atoms with E-state index >= 15 is 0 Å². The summed E-state index contributed by atoms with van der Waals surface area (Å²) in [7, 11) is 1.34. The molecule has 0 aliphatic carbocycles. The highest BCUT2D eigenvalue weighted by Gasteiger charge is 2.43. The predicted octanol–water partition coefficient (Wildman–Crippen LogP) is 3.38. The lowest BCUT2D eigenvalue weighted by molar-refractivity contribution is -0.179. The summed E-state index contributed by atoms with van der Waals surface area (Å²) >= 11 is 3.07. The monoisotopic (exact) mass is 327 g/mol. The van der Waals surface area contributed by atoms with Gasteiger partial charge in [0.15, 0.2) is 0 Å². The Balaban J connectivity index is 3.39. The van der Waals surface area contributed by atoms with Crippen molar-refractivity contribution >= 4 is 15.9 Å². The Morgan fingerprint density at radius 3 is 2.33 bits per heavy atom. The molecule has 1 heterocycles. The van der Waals surface area contributed by atoms with Crippen molar-refractivity contribution in [2.75, 3.05) is 7.11 Å². The van der Waals surface area contributed by atoms with Gasteiger partial charge in [-0.3, -0.25) is 4.79 Å². The van der Waals surface area contributed by atoms with Gasteiger partial charge in [0, 0.05) is 12.3 Å². The average molecular weight is 328 g/mol. The van der Waals surface area contributed by atoms with E-state index in [1.54, 1.807) is 0 Å². The Bertz CT molecular complexity index is 482. The highest BCUT2D eigenvalue weighted by atomic mass is 79.9. The molecule has 0 bridgehead atoms. The first-order valence-corrected chi connectivity index (χ1v) is 6.00. The van der Waals surface area contributed by atoms with Gasteiger partial charge < -0.3 is 9.30 Å². The normalized spacial score (nSPS) is 13.8. The van der Waals surface area contributed by atoms with Crippen LogP contribution in [0.5, 0.6) is 5.75 Å². The van der Waals surface area contributed by atoms with E-state index in [-0.39, 0.29) is 5.75 Å². The number of halogens is 4. The molecule has 0 spiro atoms. The standard InChI is InChI=1S/C11H13BrF3NO2/c1-6(2)10(11(13,14)15)16-5-7(12)8(18-3)4-9(16)17/h4-6,10H,1-3H3. The summed E-state index contributed by atoms with van der Waals surface area (Å²) in [6.07, 6.45) is -3.37. The van der Waals surface area contributed by atoms with Crippen LogP contribution in [0.2, 0.25) is 0 Å². The molecule has 102 valence electrons. The zero-order valence-corrected chi connectivity index (χ0v) is 11.7. The van der Waals surface area contributed by atoms with E-state index in [1.807, 2.05) is 0 Å². The lowest BCUT2D eigenvalue weighted by Crippen LogP contribution is -2.37.